The monoisotopic (exact) mass is 356 g/mol. The van der Waals surface area contributed by atoms with Gasteiger partial charge in [-0.3, -0.25) is 14.4 Å². The lowest BCUT2D eigenvalue weighted by Crippen LogP contribution is -2.49. The van der Waals surface area contributed by atoms with Crippen molar-refractivity contribution in [1.29, 1.82) is 0 Å². The third kappa shape index (κ3) is 3.63. The average molecular weight is 356 g/mol. The molecule has 2 saturated heterocycles. The zero-order valence-corrected chi connectivity index (χ0v) is 13.8. The highest BCUT2D eigenvalue weighted by Crippen LogP contribution is 2.34. The van der Waals surface area contributed by atoms with Gasteiger partial charge in [-0.25, -0.2) is 18.2 Å². The van der Waals surface area contributed by atoms with Gasteiger partial charge in [-0.1, -0.05) is 0 Å². The number of benzene rings is 1. The summed E-state index contributed by atoms with van der Waals surface area (Å²) in [7, 11) is 0. The van der Waals surface area contributed by atoms with Crippen molar-refractivity contribution in [3.05, 3.63) is 35.4 Å². The first kappa shape index (κ1) is 17.7. The van der Waals surface area contributed by atoms with Crippen molar-refractivity contribution in [2.75, 3.05) is 19.7 Å². The fourth-order valence-electron chi connectivity index (χ4n) is 3.39. The van der Waals surface area contributed by atoms with E-state index in [1.165, 1.54) is 11.8 Å². The molecule has 3 atom stereocenters. The second kappa shape index (κ2) is 7.03. The Balaban J connectivity index is 1.76. The number of hydroxylamine groups is 2. The van der Waals surface area contributed by atoms with Gasteiger partial charge in [-0.2, -0.15) is 0 Å². The van der Waals surface area contributed by atoms with Crippen molar-refractivity contribution >= 4 is 11.8 Å². The van der Waals surface area contributed by atoms with Gasteiger partial charge in [0.2, 0.25) is 5.91 Å². The van der Waals surface area contributed by atoms with Crippen LogP contribution in [0.2, 0.25) is 0 Å². The molecule has 0 saturated carbocycles. The van der Waals surface area contributed by atoms with Gasteiger partial charge in [0.1, 0.15) is 17.8 Å². The second-order valence-electron chi connectivity index (χ2n) is 6.38. The topological polar surface area (TPSA) is 49.9 Å². The minimum absolute atomic E-state index is 0.140. The first-order valence-corrected chi connectivity index (χ1v) is 8.18. The lowest BCUT2D eigenvalue weighted by Gasteiger charge is -2.35. The van der Waals surface area contributed by atoms with Gasteiger partial charge >= 0.3 is 0 Å². The molecule has 3 rings (SSSR count). The zero-order valence-electron chi connectivity index (χ0n) is 13.8. The van der Waals surface area contributed by atoms with Gasteiger partial charge in [0.15, 0.2) is 0 Å². The molecule has 8 heteroatoms. The van der Waals surface area contributed by atoms with Gasteiger partial charge in [0.25, 0.3) is 5.91 Å². The number of nitrogens with zero attached hydrogens (tertiary/aromatic N) is 2. The molecule has 0 unspecified atom stereocenters. The number of hydrogen-bond acceptors (Lipinski definition) is 3. The maximum atomic E-state index is 14.4. The summed E-state index contributed by atoms with van der Waals surface area (Å²) in [6.45, 7) is 1.71. The summed E-state index contributed by atoms with van der Waals surface area (Å²) in [5.74, 6) is -3.21. The molecule has 25 heavy (non-hydrogen) atoms. The van der Waals surface area contributed by atoms with Crippen LogP contribution >= 0.6 is 0 Å². The lowest BCUT2D eigenvalue weighted by molar-refractivity contribution is -0.186. The second-order valence-corrected chi connectivity index (χ2v) is 6.38. The summed E-state index contributed by atoms with van der Waals surface area (Å²) in [5.41, 5.74) is 0.278. The molecule has 0 radical (unpaired) electrons. The van der Waals surface area contributed by atoms with Crippen LogP contribution in [0.25, 0.3) is 0 Å². The SMILES string of the molecule is CC(=O)N1CC[C@@H](C(=O)N2OCC[C@H]2c2cc(F)cc(F)c2)[C@@H](F)C1. The fraction of sp³-hybridized carbons (Fsp3) is 0.529. The predicted molar refractivity (Wildman–Crippen MR) is 81.8 cm³/mol. The molecule has 0 spiro atoms. The summed E-state index contributed by atoms with van der Waals surface area (Å²) in [6.07, 6.45) is -0.944. The van der Waals surface area contributed by atoms with Crippen LogP contribution in [0, 0.1) is 17.6 Å². The van der Waals surface area contributed by atoms with Crippen LogP contribution in [0.15, 0.2) is 18.2 Å². The summed E-state index contributed by atoms with van der Waals surface area (Å²) in [5, 5.41) is 1.04. The number of carbonyl (C=O) groups is 2. The molecule has 2 aliphatic rings. The summed E-state index contributed by atoms with van der Waals surface area (Å²) < 4.78 is 41.3. The van der Waals surface area contributed by atoms with E-state index in [4.69, 9.17) is 4.84 Å². The molecule has 0 N–H and O–H groups in total. The number of halogens is 3. The molecule has 2 amide bonds. The number of carbonyl (C=O) groups excluding carboxylic acids is 2. The first-order valence-electron chi connectivity index (χ1n) is 8.18. The first-order chi connectivity index (χ1) is 11.9. The highest BCUT2D eigenvalue weighted by atomic mass is 19.1. The van der Waals surface area contributed by atoms with Crippen molar-refractivity contribution in [3.8, 4) is 0 Å². The van der Waals surface area contributed by atoms with E-state index >= 15 is 0 Å². The van der Waals surface area contributed by atoms with Gasteiger partial charge in [-0.15, -0.1) is 0 Å². The van der Waals surface area contributed by atoms with Crippen LogP contribution in [0.1, 0.15) is 31.4 Å². The van der Waals surface area contributed by atoms with Crippen LogP contribution in [-0.2, 0) is 14.4 Å². The number of piperidine rings is 1. The molecular weight excluding hydrogens is 337 g/mol. The Morgan fingerprint density at radius 2 is 1.84 bits per heavy atom. The van der Waals surface area contributed by atoms with Crippen molar-refractivity contribution in [1.82, 2.24) is 9.96 Å². The molecule has 1 aromatic rings. The number of likely N-dealkylation sites (tertiary alicyclic amines) is 1. The van der Waals surface area contributed by atoms with E-state index in [0.29, 0.717) is 13.0 Å². The molecule has 0 aromatic heterocycles. The van der Waals surface area contributed by atoms with Crippen molar-refractivity contribution in [2.24, 2.45) is 5.92 Å². The maximum absolute atomic E-state index is 14.4. The summed E-state index contributed by atoms with van der Waals surface area (Å²) in [6, 6.07) is 2.39. The van der Waals surface area contributed by atoms with E-state index in [1.54, 1.807) is 0 Å². The number of rotatable bonds is 2. The Labute approximate surface area is 143 Å². The average Bonchev–Trinajstić information content (AvgIpc) is 3.02. The molecule has 2 aliphatic heterocycles. The van der Waals surface area contributed by atoms with Gasteiger partial charge in [-0.05, 0) is 24.1 Å². The predicted octanol–water partition coefficient (Wildman–Crippen LogP) is 2.38. The minimum Gasteiger partial charge on any atom is -0.340 e. The number of hydrogen-bond donors (Lipinski definition) is 0. The normalized spacial score (nSPS) is 26.8. The Morgan fingerprint density at radius 1 is 1.16 bits per heavy atom. The van der Waals surface area contributed by atoms with Gasteiger partial charge < -0.3 is 4.90 Å². The Bertz CT molecular complexity index is 665. The van der Waals surface area contributed by atoms with Crippen molar-refractivity contribution in [3.63, 3.8) is 0 Å². The van der Waals surface area contributed by atoms with Crippen LogP contribution in [0.4, 0.5) is 13.2 Å². The summed E-state index contributed by atoms with van der Waals surface area (Å²) in [4.78, 5) is 30.7. The third-order valence-corrected chi connectivity index (χ3v) is 4.70. The molecule has 1 aromatic carbocycles. The van der Waals surface area contributed by atoms with Crippen LogP contribution in [0.5, 0.6) is 0 Å². The third-order valence-electron chi connectivity index (χ3n) is 4.70. The highest BCUT2D eigenvalue weighted by Gasteiger charge is 2.42. The Hall–Kier alpha value is -2.09. The fourth-order valence-corrected chi connectivity index (χ4v) is 3.39. The van der Waals surface area contributed by atoms with E-state index in [-0.39, 0.29) is 31.0 Å². The number of alkyl halides is 1. The molecular formula is C17H19F3N2O3. The van der Waals surface area contributed by atoms with E-state index in [2.05, 4.69) is 0 Å². The van der Waals surface area contributed by atoms with Crippen LogP contribution in [0.3, 0.4) is 0 Å². The minimum atomic E-state index is -1.50. The molecule has 2 heterocycles. The van der Waals surface area contributed by atoms with Gasteiger partial charge in [0.05, 0.1) is 25.1 Å². The van der Waals surface area contributed by atoms with E-state index in [1.807, 2.05) is 0 Å². The molecule has 5 nitrogen and oxygen atoms in total. The largest absolute Gasteiger partial charge is 0.340 e. The standard InChI is InChI=1S/C17H19F3N2O3/c1-10(23)21-4-2-14(15(20)9-21)17(24)22-16(3-5-25-22)11-6-12(18)8-13(19)7-11/h6-8,14-16H,2-5,9H2,1H3/t14-,15+,16+/m1/s1. The van der Waals surface area contributed by atoms with Gasteiger partial charge in [0, 0.05) is 26.0 Å². The smallest absolute Gasteiger partial charge is 0.252 e. The molecule has 0 aliphatic carbocycles. The zero-order chi connectivity index (χ0) is 18.1. The van der Waals surface area contributed by atoms with E-state index < -0.39 is 35.7 Å². The Kier molecular flexibility index (Phi) is 4.99. The van der Waals surface area contributed by atoms with Crippen molar-refractivity contribution < 1.29 is 27.6 Å². The molecule has 2 fully saturated rings. The van der Waals surface area contributed by atoms with Crippen LogP contribution < -0.4 is 0 Å². The molecule has 136 valence electrons. The summed E-state index contributed by atoms with van der Waals surface area (Å²) >= 11 is 0. The van der Waals surface area contributed by atoms with Crippen LogP contribution in [-0.4, -0.2) is 47.6 Å². The number of amides is 2. The quantitative estimate of drug-likeness (QED) is 0.818. The van der Waals surface area contributed by atoms with Crippen molar-refractivity contribution in [2.45, 2.75) is 32.0 Å². The lowest BCUT2D eigenvalue weighted by atomic mass is 9.93. The molecule has 0 bridgehead atoms. The highest BCUT2D eigenvalue weighted by molar-refractivity contribution is 5.80. The Morgan fingerprint density at radius 3 is 2.44 bits per heavy atom. The maximum Gasteiger partial charge on any atom is 0.252 e. The van der Waals surface area contributed by atoms with E-state index in [9.17, 15) is 22.8 Å². The van der Waals surface area contributed by atoms with E-state index in [0.717, 1.165) is 23.3 Å².